The van der Waals surface area contributed by atoms with Crippen molar-refractivity contribution in [3.05, 3.63) is 53.8 Å². The summed E-state index contributed by atoms with van der Waals surface area (Å²) in [7, 11) is 0. The molecule has 0 saturated carbocycles. The summed E-state index contributed by atoms with van der Waals surface area (Å²) >= 11 is 0. The molecule has 0 aliphatic carbocycles. The van der Waals surface area contributed by atoms with Gasteiger partial charge in [0.05, 0.1) is 0 Å². The van der Waals surface area contributed by atoms with E-state index in [4.69, 9.17) is 0 Å². The van der Waals surface area contributed by atoms with Crippen LogP contribution in [-0.4, -0.2) is 23.0 Å². The largest absolute Gasteiger partial charge is 0.355 e. The summed E-state index contributed by atoms with van der Waals surface area (Å²) in [5.74, 6) is 0.517. The van der Waals surface area contributed by atoms with Gasteiger partial charge in [0, 0.05) is 35.6 Å². The normalized spacial score (nSPS) is 27.6. The predicted octanol–water partition coefficient (Wildman–Crippen LogP) is 3.96. The molecule has 3 aliphatic rings. The van der Waals surface area contributed by atoms with Crippen molar-refractivity contribution in [3.8, 4) is 0 Å². The first-order valence-corrected chi connectivity index (χ1v) is 7.44. The highest BCUT2D eigenvalue weighted by Gasteiger charge is 2.31. The average Bonchev–Trinajstić information content (AvgIpc) is 2.83. The maximum atomic E-state index is 4.44. The lowest BCUT2D eigenvalue weighted by atomic mass is 9.81. The lowest BCUT2D eigenvalue weighted by molar-refractivity contribution is 0.238. The highest BCUT2D eigenvalue weighted by Crippen LogP contribution is 2.40. The number of hydrogen-bond donors (Lipinski definition) is 1. The summed E-state index contributed by atoms with van der Waals surface area (Å²) in [4.78, 5) is 6.18. The van der Waals surface area contributed by atoms with Crippen LogP contribution in [0.2, 0.25) is 0 Å². The number of nitrogens with one attached hydrogen (secondary N) is 1. The number of rotatable bonds is 0. The average molecular weight is 264 g/mol. The SMILES string of the molecule is C=C1c2[nH]c3ccccc3c2CN2CCC1/C(=C\C)C2. The molecule has 0 spiro atoms. The molecule has 2 aromatic rings. The molecule has 2 nitrogen and oxygen atoms in total. The van der Waals surface area contributed by atoms with Crippen molar-refractivity contribution in [2.45, 2.75) is 19.9 Å². The Morgan fingerprint density at radius 3 is 3.00 bits per heavy atom. The molecule has 2 bridgehead atoms. The second kappa shape index (κ2) is 4.35. The molecule has 1 saturated heterocycles. The number of allylic oxidation sites excluding steroid dienone is 2. The number of H-pyrrole nitrogens is 1. The van der Waals surface area contributed by atoms with E-state index in [0.29, 0.717) is 5.92 Å². The first-order chi connectivity index (χ1) is 9.78. The van der Waals surface area contributed by atoms with Gasteiger partial charge in [-0.15, -0.1) is 0 Å². The first-order valence-electron chi connectivity index (χ1n) is 7.44. The van der Waals surface area contributed by atoms with Crippen molar-refractivity contribution < 1.29 is 0 Å². The minimum atomic E-state index is 0.517. The third-order valence-corrected chi connectivity index (χ3v) is 4.90. The minimum Gasteiger partial charge on any atom is -0.355 e. The van der Waals surface area contributed by atoms with Gasteiger partial charge in [-0.1, -0.05) is 36.4 Å². The van der Waals surface area contributed by atoms with Crippen molar-refractivity contribution in [1.82, 2.24) is 9.88 Å². The number of nitrogens with zero attached hydrogens (tertiary/aromatic N) is 1. The van der Waals surface area contributed by atoms with Gasteiger partial charge in [0.25, 0.3) is 0 Å². The van der Waals surface area contributed by atoms with Gasteiger partial charge in [-0.25, -0.2) is 0 Å². The van der Waals surface area contributed by atoms with Crippen molar-refractivity contribution in [2.75, 3.05) is 13.1 Å². The lowest BCUT2D eigenvalue weighted by Crippen LogP contribution is -2.37. The second-order valence-electron chi connectivity index (χ2n) is 5.96. The zero-order valence-electron chi connectivity index (χ0n) is 11.9. The monoisotopic (exact) mass is 264 g/mol. The summed E-state index contributed by atoms with van der Waals surface area (Å²) < 4.78 is 0. The summed E-state index contributed by atoms with van der Waals surface area (Å²) in [6.07, 6.45) is 3.49. The van der Waals surface area contributed by atoms with E-state index in [1.807, 2.05) is 0 Å². The molecule has 20 heavy (non-hydrogen) atoms. The van der Waals surface area contributed by atoms with E-state index in [9.17, 15) is 0 Å². The van der Waals surface area contributed by atoms with Crippen LogP contribution in [-0.2, 0) is 6.54 Å². The molecule has 0 radical (unpaired) electrons. The quantitative estimate of drug-likeness (QED) is 0.713. The Morgan fingerprint density at radius 1 is 1.30 bits per heavy atom. The number of hydrogen-bond acceptors (Lipinski definition) is 1. The highest BCUT2D eigenvalue weighted by atomic mass is 15.1. The lowest BCUT2D eigenvalue weighted by Gasteiger charge is -2.38. The number of aromatic amines is 1. The Hall–Kier alpha value is -1.80. The van der Waals surface area contributed by atoms with E-state index in [-0.39, 0.29) is 0 Å². The summed E-state index contributed by atoms with van der Waals surface area (Å²) in [6.45, 7) is 9.90. The molecule has 0 amide bonds. The van der Waals surface area contributed by atoms with Crippen molar-refractivity contribution >= 4 is 16.5 Å². The van der Waals surface area contributed by atoms with Crippen LogP contribution in [0.5, 0.6) is 0 Å². The van der Waals surface area contributed by atoms with Crippen molar-refractivity contribution in [1.29, 1.82) is 0 Å². The van der Waals surface area contributed by atoms with Crippen LogP contribution in [0.25, 0.3) is 16.5 Å². The molecule has 1 fully saturated rings. The van der Waals surface area contributed by atoms with E-state index in [1.165, 1.54) is 46.3 Å². The van der Waals surface area contributed by atoms with Crippen LogP contribution in [0.4, 0.5) is 0 Å². The molecule has 2 unspecified atom stereocenters. The van der Waals surface area contributed by atoms with E-state index in [0.717, 1.165) is 13.1 Å². The highest BCUT2D eigenvalue weighted by molar-refractivity contribution is 5.89. The fraction of sp³-hybridized carbons (Fsp3) is 0.333. The maximum Gasteiger partial charge on any atom is 0.0469 e. The summed E-state index contributed by atoms with van der Waals surface area (Å²) in [6, 6.07) is 8.62. The number of piperidine rings is 1. The predicted molar refractivity (Wildman–Crippen MR) is 84.5 cm³/mol. The molecule has 1 N–H and O–H groups in total. The summed E-state index contributed by atoms with van der Waals surface area (Å²) in [5, 5.41) is 1.36. The van der Waals surface area contributed by atoms with Crippen LogP contribution in [0.1, 0.15) is 24.6 Å². The zero-order chi connectivity index (χ0) is 13.7. The van der Waals surface area contributed by atoms with Gasteiger partial charge in [-0.2, -0.15) is 0 Å². The molecule has 1 aromatic heterocycles. The van der Waals surface area contributed by atoms with Gasteiger partial charge < -0.3 is 4.98 Å². The number of benzene rings is 1. The van der Waals surface area contributed by atoms with Crippen LogP contribution in [0.15, 0.2) is 42.5 Å². The van der Waals surface area contributed by atoms with Crippen molar-refractivity contribution in [3.63, 3.8) is 0 Å². The van der Waals surface area contributed by atoms with E-state index < -0.39 is 0 Å². The van der Waals surface area contributed by atoms with Crippen LogP contribution >= 0.6 is 0 Å². The smallest absolute Gasteiger partial charge is 0.0469 e. The molecular formula is C18H20N2. The third-order valence-electron chi connectivity index (χ3n) is 4.90. The number of para-hydroxylation sites is 1. The number of fused-ring (bicyclic) bond motifs is 3. The van der Waals surface area contributed by atoms with Gasteiger partial charge in [-0.05, 0) is 37.1 Å². The molecular weight excluding hydrogens is 244 g/mol. The van der Waals surface area contributed by atoms with Gasteiger partial charge >= 0.3 is 0 Å². The third kappa shape index (κ3) is 1.61. The van der Waals surface area contributed by atoms with Gasteiger partial charge in [0.15, 0.2) is 0 Å². The minimum absolute atomic E-state index is 0.517. The molecule has 3 aliphatic heterocycles. The van der Waals surface area contributed by atoms with Gasteiger partial charge in [0.2, 0.25) is 0 Å². The Kier molecular flexibility index (Phi) is 2.61. The molecule has 1 aromatic carbocycles. The van der Waals surface area contributed by atoms with Gasteiger partial charge in [-0.3, -0.25) is 4.90 Å². The molecule has 5 rings (SSSR count). The van der Waals surface area contributed by atoms with E-state index in [2.05, 4.69) is 53.7 Å². The molecule has 2 atom stereocenters. The zero-order valence-corrected chi connectivity index (χ0v) is 11.9. The van der Waals surface area contributed by atoms with E-state index >= 15 is 0 Å². The first kappa shape index (κ1) is 12.0. The fourth-order valence-corrected chi connectivity index (χ4v) is 3.81. The van der Waals surface area contributed by atoms with E-state index in [1.54, 1.807) is 0 Å². The Bertz CT molecular complexity index is 720. The number of aromatic nitrogens is 1. The Labute approximate surface area is 119 Å². The van der Waals surface area contributed by atoms with Crippen molar-refractivity contribution in [2.24, 2.45) is 5.92 Å². The van der Waals surface area contributed by atoms with Crippen LogP contribution < -0.4 is 0 Å². The molecule has 2 heteroatoms. The topological polar surface area (TPSA) is 19.0 Å². The summed E-state index contributed by atoms with van der Waals surface area (Å²) in [5.41, 5.74) is 6.77. The standard InChI is InChI=1S/C18H20N2/c1-3-13-10-20-9-8-14(13)12(2)18-16(11-20)15-6-4-5-7-17(15)19-18/h3-7,14,19H,2,8-11H2,1H3/b13-3-. The van der Waals surface area contributed by atoms with Gasteiger partial charge in [0.1, 0.15) is 0 Å². The maximum absolute atomic E-state index is 4.44. The Balaban J connectivity index is 1.95. The van der Waals surface area contributed by atoms with Crippen LogP contribution in [0.3, 0.4) is 0 Å². The Morgan fingerprint density at radius 2 is 2.15 bits per heavy atom. The fourth-order valence-electron chi connectivity index (χ4n) is 3.81. The molecule has 4 heterocycles. The van der Waals surface area contributed by atoms with Crippen LogP contribution in [0, 0.1) is 5.92 Å². The molecule has 102 valence electrons. The second-order valence-corrected chi connectivity index (χ2v) is 5.96.